The third-order valence-corrected chi connectivity index (χ3v) is 3.28. The molecule has 8 nitrogen and oxygen atoms in total. The number of carbonyl (C=O) groups is 1. The first-order chi connectivity index (χ1) is 10.2. The number of carboxylic acid groups (broad SMARTS) is 1. The van der Waals surface area contributed by atoms with E-state index in [4.69, 9.17) is 5.11 Å². The van der Waals surface area contributed by atoms with E-state index in [0.29, 0.717) is 11.8 Å². The minimum Gasteiger partial charge on any atom is -0.478 e. The molecule has 2 N–H and O–H groups in total. The summed E-state index contributed by atoms with van der Waals surface area (Å²) in [5.74, 6) is -2.79. The largest absolute Gasteiger partial charge is 0.478 e. The van der Waals surface area contributed by atoms with Crippen LogP contribution >= 0.6 is 11.8 Å². The van der Waals surface area contributed by atoms with Crippen LogP contribution in [-0.4, -0.2) is 31.2 Å². The summed E-state index contributed by atoms with van der Waals surface area (Å²) in [5.41, 5.74) is -0.884. The lowest BCUT2D eigenvalue weighted by Gasteiger charge is -2.03. The van der Waals surface area contributed by atoms with E-state index in [2.05, 4.69) is 10.1 Å². The highest BCUT2D eigenvalue weighted by Gasteiger charge is 2.35. The molecule has 0 aliphatic rings. The van der Waals surface area contributed by atoms with Gasteiger partial charge in [0, 0.05) is 17.0 Å². The molecule has 1 aromatic carbocycles. The maximum absolute atomic E-state index is 12.4. The number of carboxylic acids is 1. The second-order valence-electron chi connectivity index (χ2n) is 3.81. The number of non-ortho nitro benzene ring substituents is 1. The van der Waals surface area contributed by atoms with E-state index in [1.807, 2.05) is 0 Å². The van der Waals surface area contributed by atoms with Crippen LogP contribution < -0.4 is 0 Å². The van der Waals surface area contributed by atoms with Gasteiger partial charge in [-0.25, -0.2) is 4.79 Å². The van der Waals surface area contributed by atoms with Crippen molar-refractivity contribution in [2.75, 3.05) is 0 Å². The number of nitro groups is 1. The van der Waals surface area contributed by atoms with Crippen LogP contribution in [0.4, 0.5) is 18.9 Å². The van der Waals surface area contributed by atoms with Crippen molar-refractivity contribution in [2.45, 2.75) is 16.2 Å². The number of nitrogens with one attached hydrogen (secondary N) is 1. The summed E-state index contributed by atoms with van der Waals surface area (Å²) >= 11 is 0.543. The summed E-state index contributed by atoms with van der Waals surface area (Å²) in [6, 6.07) is 2.95. The van der Waals surface area contributed by atoms with Crippen molar-refractivity contribution in [3.63, 3.8) is 0 Å². The quantitative estimate of drug-likeness (QED) is 0.651. The molecule has 0 saturated carbocycles. The maximum Gasteiger partial charge on any atom is 0.451 e. The van der Waals surface area contributed by atoms with Crippen molar-refractivity contribution in [3.8, 4) is 0 Å². The summed E-state index contributed by atoms with van der Waals surface area (Å²) < 4.78 is 37.1. The third kappa shape index (κ3) is 3.33. The second kappa shape index (κ2) is 5.63. The van der Waals surface area contributed by atoms with Crippen LogP contribution in [-0.2, 0) is 6.18 Å². The molecule has 1 aromatic heterocycles. The molecule has 0 atom stereocenters. The Balaban J connectivity index is 2.35. The molecule has 0 unspecified atom stereocenters. The Morgan fingerprint density at radius 2 is 2.09 bits per heavy atom. The van der Waals surface area contributed by atoms with Gasteiger partial charge in [-0.1, -0.05) is 0 Å². The average molecular weight is 334 g/mol. The number of aromatic carboxylic acids is 1. The Hall–Kier alpha value is -2.63. The molecule has 0 aliphatic heterocycles. The fraction of sp³-hybridized carbons (Fsp3) is 0.100. The highest BCUT2D eigenvalue weighted by atomic mass is 32.2. The lowest BCUT2D eigenvalue weighted by molar-refractivity contribution is -0.384. The van der Waals surface area contributed by atoms with Crippen molar-refractivity contribution >= 4 is 23.4 Å². The molecular weight excluding hydrogens is 329 g/mol. The van der Waals surface area contributed by atoms with Gasteiger partial charge in [-0.3, -0.25) is 15.2 Å². The van der Waals surface area contributed by atoms with Crippen molar-refractivity contribution in [2.24, 2.45) is 0 Å². The molecule has 12 heteroatoms. The predicted octanol–water partition coefficient (Wildman–Crippen LogP) is 2.58. The molecule has 0 amide bonds. The maximum atomic E-state index is 12.4. The highest BCUT2D eigenvalue weighted by molar-refractivity contribution is 7.99. The minimum atomic E-state index is -4.71. The summed E-state index contributed by atoms with van der Waals surface area (Å²) in [5, 5.41) is 24.3. The molecule has 0 bridgehead atoms. The van der Waals surface area contributed by atoms with Gasteiger partial charge in [0.25, 0.3) is 5.69 Å². The van der Waals surface area contributed by atoms with Crippen LogP contribution in [0, 0.1) is 10.1 Å². The van der Waals surface area contributed by atoms with Gasteiger partial charge in [-0.05, 0) is 17.8 Å². The lowest BCUT2D eigenvalue weighted by Crippen LogP contribution is -2.07. The summed E-state index contributed by atoms with van der Waals surface area (Å²) in [6.45, 7) is 0. The monoisotopic (exact) mass is 334 g/mol. The number of hydrogen-bond donors (Lipinski definition) is 2. The number of H-pyrrole nitrogens is 1. The summed E-state index contributed by atoms with van der Waals surface area (Å²) in [7, 11) is 0. The van der Waals surface area contributed by atoms with E-state index in [-0.39, 0.29) is 10.1 Å². The minimum absolute atomic E-state index is 0.0224. The van der Waals surface area contributed by atoms with Gasteiger partial charge < -0.3 is 5.11 Å². The lowest BCUT2D eigenvalue weighted by atomic mass is 10.2. The Kier molecular flexibility index (Phi) is 4.03. The molecule has 2 rings (SSSR count). The van der Waals surface area contributed by atoms with Crippen LogP contribution in [0.15, 0.2) is 28.3 Å². The molecule has 1 heterocycles. The molecule has 2 aromatic rings. The van der Waals surface area contributed by atoms with E-state index in [0.717, 1.165) is 18.2 Å². The Bertz CT molecular complexity index is 746. The van der Waals surface area contributed by atoms with Crippen molar-refractivity contribution < 1.29 is 28.0 Å². The van der Waals surface area contributed by atoms with Crippen LogP contribution in [0.1, 0.15) is 16.2 Å². The van der Waals surface area contributed by atoms with Gasteiger partial charge >= 0.3 is 12.1 Å². The van der Waals surface area contributed by atoms with Crippen LogP contribution in [0.3, 0.4) is 0 Å². The van der Waals surface area contributed by atoms with Crippen LogP contribution in [0.2, 0.25) is 0 Å². The third-order valence-electron chi connectivity index (χ3n) is 2.34. The summed E-state index contributed by atoms with van der Waals surface area (Å²) in [4.78, 5) is 24.1. The SMILES string of the molecule is O=C(O)c1cc([N+](=O)[O-])ccc1Sc1n[nH]c(C(F)(F)F)n1. The van der Waals surface area contributed by atoms with E-state index in [1.54, 1.807) is 5.10 Å². The number of hydrogen-bond acceptors (Lipinski definition) is 6. The first-order valence-corrected chi connectivity index (χ1v) is 6.19. The number of aromatic nitrogens is 3. The van der Waals surface area contributed by atoms with Gasteiger partial charge in [0.1, 0.15) is 0 Å². The van der Waals surface area contributed by atoms with E-state index in [9.17, 15) is 28.1 Å². The van der Waals surface area contributed by atoms with Gasteiger partial charge in [-0.2, -0.15) is 18.2 Å². The van der Waals surface area contributed by atoms with E-state index in [1.165, 1.54) is 0 Å². The molecule has 0 aliphatic carbocycles. The number of halogens is 3. The number of benzene rings is 1. The van der Waals surface area contributed by atoms with E-state index >= 15 is 0 Å². The van der Waals surface area contributed by atoms with Gasteiger partial charge in [0.05, 0.1) is 10.5 Å². The fourth-order valence-electron chi connectivity index (χ4n) is 1.40. The normalized spacial score (nSPS) is 11.4. The first kappa shape index (κ1) is 15.8. The van der Waals surface area contributed by atoms with Gasteiger partial charge in [0.15, 0.2) is 0 Å². The smallest absolute Gasteiger partial charge is 0.451 e. The molecule has 0 radical (unpaired) electrons. The Morgan fingerprint density at radius 1 is 1.41 bits per heavy atom. The topological polar surface area (TPSA) is 122 Å². The standard InChI is InChI=1S/C10H5F3N4O4S/c11-10(12,13)8-14-9(16-15-8)22-6-2-1-4(17(20)21)3-5(6)7(18)19/h1-3H,(H,18,19)(H,14,15,16). The molecular formula is C10H5F3N4O4S. The predicted molar refractivity (Wildman–Crippen MR) is 65.6 cm³/mol. The number of aromatic amines is 1. The van der Waals surface area contributed by atoms with Crippen LogP contribution in [0.25, 0.3) is 0 Å². The van der Waals surface area contributed by atoms with Gasteiger partial charge in [-0.15, -0.1) is 5.10 Å². The fourth-order valence-corrected chi connectivity index (χ4v) is 2.22. The first-order valence-electron chi connectivity index (χ1n) is 5.37. The highest BCUT2D eigenvalue weighted by Crippen LogP contribution is 2.33. The Labute approximate surface area is 123 Å². The zero-order valence-corrected chi connectivity index (χ0v) is 11.1. The number of nitro benzene ring substituents is 1. The van der Waals surface area contributed by atoms with Crippen molar-refractivity contribution in [1.82, 2.24) is 15.2 Å². The number of rotatable bonds is 4. The number of nitrogens with zero attached hydrogens (tertiary/aromatic N) is 3. The zero-order valence-electron chi connectivity index (χ0n) is 10.3. The van der Waals surface area contributed by atoms with Crippen LogP contribution in [0.5, 0.6) is 0 Å². The number of alkyl halides is 3. The second-order valence-corrected chi connectivity index (χ2v) is 4.82. The molecule has 0 saturated heterocycles. The van der Waals surface area contributed by atoms with E-state index < -0.39 is 34.1 Å². The summed E-state index contributed by atoms with van der Waals surface area (Å²) in [6.07, 6.45) is -4.71. The Morgan fingerprint density at radius 3 is 2.59 bits per heavy atom. The van der Waals surface area contributed by atoms with Crippen molar-refractivity contribution in [1.29, 1.82) is 0 Å². The van der Waals surface area contributed by atoms with Crippen molar-refractivity contribution in [3.05, 3.63) is 39.7 Å². The molecule has 116 valence electrons. The molecule has 0 spiro atoms. The molecule has 0 fully saturated rings. The zero-order chi connectivity index (χ0) is 16.5. The molecule has 22 heavy (non-hydrogen) atoms. The van der Waals surface area contributed by atoms with Gasteiger partial charge in [0.2, 0.25) is 11.0 Å². The average Bonchev–Trinajstić information content (AvgIpc) is 2.87.